The summed E-state index contributed by atoms with van der Waals surface area (Å²) in [4.78, 5) is 13.8. The number of nitrogens with zero attached hydrogens (tertiary/aromatic N) is 2. The highest BCUT2D eigenvalue weighted by Gasteiger charge is 2.34. The number of rotatable bonds is 28. The van der Waals surface area contributed by atoms with Crippen molar-refractivity contribution in [2.45, 2.75) is 138 Å². The van der Waals surface area contributed by atoms with Gasteiger partial charge in [-0.1, -0.05) is 77.2 Å². The number of fused-ring (bicyclic) bond motifs is 1. The van der Waals surface area contributed by atoms with Crippen LogP contribution in [0.15, 0.2) is 42.0 Å². The largest absolute Gasteiger partial charge is 0.496 e. The molecule has 0 radical (unpaired) electrons. The summed E-state index contributed by atoms with van der Waals surface area (Å²) in [5, 5.41) is 0. The summed E-state index contributed by atoms with van der Waals surface area (Å²) in [6.45, 7) is 22.0. The predicted molar refractivity (Wildman–Crippen MR) is 226 cm³/mol. The molecule has 0 bridgehead atoms. The van der Waals surface area contributed by atoms with E-state index >= 15 is 0 Å². The molecule has 0 aliphatic carbocycles. The highest BCUT2D eigenvalue weighted by Crippen LogP contribution is 2.46. The van der Waals surface area contributed by atoms with Crippen LogP contribution in [-0.4, -0.2) is 88.4 Å². The smallest absolute Gasteiger partial charge is 0.174 e. The summed E-state index contributed by atoms with van der Waals surface area (Å²) >= 11 is 0. The maximum Gasteiger partial charge on any atom is 0.174 e. The number of Topliss-reactive ketones (excluding diaryl/α,β-unsaturated/α-hetero) is 1. The van der Waals surface area contributed by atoms with Crippen molar-refractivity contribution in [3.63, 3.8) is 0 Å². The van der Waals surface area contributed by atoms with Crippen molar-refractivity contribution < 1.29 is 32.7 Å². The normalized spacial score (nSPS) is 14.4. The van der Waals surface area contributed by atoms with E-state index in [1.807, 2.05) is 30.3 Å². The van der Waals surface area contributed by atoms with Gasteiger partial charge in [-0.25, -0.2) is 0 Å². The van der Waals surface area contributed by atoms with Crippen molar-refractivity contribution in [1.82, 2.24) is 0 Å². The molecule has 1 heterocycles. The molecule has 304 valence electrons. The summed E-state index contributed by atoms with van der Waals surface area (Å²) in [5.74, 6) is 2.74. The molecule has 0 fully saturated rings. The van der Waals surface area contributed by atoms with Crippen LogP contribution in [0.3, 0.4) is 0 Å². The lowest BCUT2D eigenvalue weighted by Crippen LogP contribution is -2.46. The third kappa shape index (κ3) is 14.6. The molecule has 2 aromatic carbocycles. The van der Waals surface area contributed by atoms with Crippen LogP contribution in [0.4, 0.5) is 0 Å². The Kier molecular flexibility index (Phi) is 20.0. The average Bonchev–Trinajstić information content (AvgIpc) is 3.16. The van der Waals surface area contributed by atoms with E-state index in [2.05, 4.69) is 61.7 Å². The Bertz CT molecular complexity index is 1400. The van der Waals surface area contributed by atoms with Crippen molar-refractivity contribution >= 4 is 5.78 Å². The number of hydrogen-bond acceptors (Lipinski definition) is 5. The van der Waals surface area contributed by atoms with E-state index < -0.39 is 6.10 Å². The quantitative estimate of drug-likeness (QED) is 0.0492. The van der Waals surface area contributed by atoms with Gasteiger partial charge >= 0.3 is 0 Å². The Morgan fingerprint density at radius 2 is 1.22 bits per heavy atom. The Hall–Kier alpha value is -3.03. The number of allylic oxidation sites excluding steroid dienone is 2. The molecule has 1 unspecified atom stereocenters. The first-order valence-corrected chi connectivity index (χ1v) is 21.6. The van der Waals surface area contributed by atoms with Gasteiger partial charge in [-0.3, -0.25) is 4.79 Å². The molecule has 7 nitrogen and oxygen atoms in total. The molecule has 2 aromatic rings. The molecular formula is C47H78N2O5+2. The standard InChI is InChI=1S/C47H78N2O5/c1-10-14-28-48(7,29-15-11-2)32-18-20-34-52-40-25-23-39(24-26-40)43-36-42(50)46-45(51-9)37-44(41(47(46)54-43)27-22-38(5)6)53-35-21-19-33-49(8,30-16-12-3)31-17-13-4/h22-26,37,43H,10-21,27-36H2,1-9H3/q+2. The predicted octanol–water partition coefficient (Wildman–Crippen LogP) is 11.3. The van der Waals surface area contributed by atoms with Gasteiger partial charge in [0.15, 0.2) is 5.78 Å². The molecule has 1 aliphatic heterocycles. The van der Waals surface area contributed by atoms with Crippen LogP contribution >= 0.6 is 0 Å². The third-order valence-electron chi connectivity index (χ3n) is 11.3. The monoisotopic (exact) mass is 751 g/mol. The molecule has 0 N–H and O–H groups in total. The van der Waals surface area contributed by atoms with Crippen LogP contribution in [0.25, 0.3) is 0 Å². The van der Waals surface area contributed by atoms with Crippen LogP contribution in [0.1, 0.15) is 153 Å². The van der Waals surface area contributed by atoms with E-state index in [1.165, 1.54) is 107 Å². The molecule has 0 spiro atoms. The fourth-order valence-corrected chi connectivity index (χ4v) is 7.65. The van der Waals surface area contributed by atoms with E-state index in [-0.39, 0.29) is 12.2 Å². The number of ether oxygens (including phenoxy) is 4. The second-order valence-electron chi connectivity index (χ2n) is 16.7. The lowest BCUT2D eigenvalue weighted by molar-refractivity contribution is -0.910. The van der Waals surface area contributed by atoms with Crippen LogP contribution in [-0.2, 0) is 6.42 Å². The van der Waals surface area contributed by atoms with E-state index in [0.717, 1.165) is 46.4 Å². The second-order valence-corrected chi connectivity index (χ2v) is 16.7. The van der Waals surface area contributed by atoms with Gasteiger partial charge in [0, 0.05) is 11.6 Å². The molecule has 0 saturated heterocycles. The maximum atomic E-state index is 13.8. The Morgan fingerprint density at radius 1 is 0.722 bits per heavy atom. The van der Waals surface area contributed by atoms with Gasteiger partial charge in [-0.05, 0) is 89.3 Å². The number of carbonyl (C=O) groups is 1. The Morgan fingerprint density at radius 3 is 1.70 bits per heavy atom. The topological polar surface area (TPSA) is 54.0 Å². The zero-order chi connectivity index (χ0) is 39.4. The number of unbranched alkanes of at least 4 members (excludes halogenated alkanes) is 6. The summed E-state index contributed by atoms with van der Waals surface area (Å²) < 4.78 is 27.6. The zero-order valence-electron chi connectivity index (χ0n) is 36.0. The molecule has 1 atom stereocenters. The van der Waals surface area contributed by atoms with Crippen LogP contribution < -0.4 is 18.9 Å². The van der Waals surface area contributed by atoms with Gasteiger partial charge in [0.25, 0.3) is 0 Å². The van der Waals surface area contributed by atoms with Gasteiger partial charge in [-0.2, -0.15) is 0 Å². The van der Waals surface area contributed by atoms with Gasteiger partial charge < -0.3 is 27.9 Å². The summed E-state index contributed by atoms with van der Waals surface area (Å²) in [7, 11) is 6.47. The fraction of sp³-hybridized carbons (Fsp3) is 0.681. The number of ketones is 1. The van der Waals surface area contributed by atoms with Crippen molar-refractivity contribution in [2.75, 3.05) is 73.7 Å². The summed E-state index contributed by atoms with van der Waals surface area (Å²) in [6.07, 6.45) is 17.1. The highest BCUT2D eigenvalue weighted by atomic mass is 16.5. The highest BCUT2D eigenvalue weighted by molar-refractivity contribution is 6.03. The molecule has 7 heteroatoms. The number of quaternary nitrogens is 2. The SMILES string of the molecule is CCCC[N+](C)(CCCC)CCCCOc1ccc(C2CC(=O)c3c(OC)cc(OCCCC[N+](C)(CCCC)CCCC)c(CC=C(C)C)c3O2)cc1. The van der Waals surface area contributed by atoms with Gasteiger partial charge in [0.2, 0.25) is 0 Å². The minimum absolute atomic E-state index is 0.0305. The average molecular weight is 751 g/mol. The lowest BCUT2D eigenvalue weighted by Gasteiger charge is -2.35. The Labute approximate surface area is 330 Å². The van der Waals surface area contributed by atoms with Crippen molar-refractivity contribution in [3.8, 4) is 23.0 Å². The van der Waals surface area contributed by atoms with E-state index in [1.54, 1.807) is 7.11 Å². The number of carbonyl (C=O) groups excluding carboxylic acids is 1. The first kappa shape index (κ1) is 45.4. The minimum Gasteiger partial charge on any atom is -0.496 e. The van der Waals surface area contributed by atoms with Crippen LogP contribution in [0.2, 0.25) is 0 Å². The van der Waals surface area contributed by atoms with Crippen molar-refractivity contribution in [3.05, 3.63) is 58.7 Å². The first-order valence-electron chi connectivity index (χ1n) is 21.6. The molecule has 0 aromatic heterocycles. The van der Waals surface area contributed by atoms with E-state index in [0.29, 0.717) is 36.7 Å². The van der Waals surface area contributed by atoms with Crippen molar-refractivity contribution in [1.29, 1.82) is 0 Å². The second kappa shape index (κ2) is 23.8. The molecular weight excluding hydrogens is 673 g/mol. The molecule has 0 saturated carbocycles. The first-order chi connectivity index (χ1) is 26.0. The fourth-order valence-electron chi connectivity index (χ4n) is 7.65. The van der Waals surface area contributed by atoms with Crippen molar-refractivity contribution in [2.24, 2.45) is 0 Å². The molecule has 1 aliphatic rings. The van der Waals surface area contributed by atoms with Gasteiger partial charge in [0.05, 0.1) is 80.1 Å². The molecule has 54 heavy (non-hydrogen) atoms. The van der Waals surface area contributed by atoms with Crippen LogP contribution in [0, 0.1) is 0 Å². The number of methoxy groups -OCH3 is 1. The summed E-state index contributed by atoms with van der Waals surface area (Å²) in [6, 6.07) is 10.0. The zero-order valence-corrected chi connectivity index (χ0v) is 36.0. The lowest BCUT2D eigenvalue weighted by atomic mass is 9.92. The minimum atomic E-state index is -0.396. The third-order valence-corrected chi connectivity index (χ3v) is 11.3. The molecule has 0 amide bonds. The Balaban J connectivity index is 1.69. The molecule has 3 rings (SSSR count). The summed E-state index contributed by atoms with van der Waals surface area (Å²) in [5.41, 5.74) is 3.61. The van der Waals surface area contributed by atoms with Gasteiger partial charge in [-0.15, -0.1) is 0 Å². The van der Waals surface area contributed by atoms with Gasteiger partial charge in [0.1, 0.15) is 34.7 Å². The maximum absolute atomic E-state index is 13.8. The van der Waals surface area contributed by atoms with E-state index in [9.17, 15) is 4.79 Å². The number of benzene rings is 2. The van der Waals surface area contributed by atoms with Crippen LogP contribution in [0.5, 0.6) is 23.0 Å². The van der Waals surface area contributed by atoms with E-state index in [4.69, 9.17) is 18.9 Å². The number of hydrogen-bond donors (Lipinski definition) is 0.